The van der Waals surface area contributed by atoms with Gasteiger partial charge in [0.05, 0.1) is 7.11 Å². The van der Waals surface area contributed by atoms with Crippen LogP contribution in [0.1, 0.15) is 23.5 Å². The quantitative estimate of drug-likeness (QED) is 0.750. The summed E-state index contributed by atoms with van der Waals surface area (Å²) in [5.74, 6) is 1.50. The Labute approximate surface area is 148 Å². The van der Waals surface area contributed by atoms with Gasteiger partial charge in [-0.1, -0.05) is 42.5 Å². The van der Waals surface area contributed by atoms with Gasteiger partial charge in [-0.3, -0.25) is 4.79 Å². The molecule has 4 heteroatoms. The predicted octanol–water partition coefficient (Wildman–Crippen LogP) is 3.47. The van der Waals surface area contributed by atoms with Gasteiger partial charge in [0.1, 0.15) is 0 Å². The lowest BCUT2D eigenvalue weighted by Crippen LogP contribution is -2.31. The molecule has 2 aromatic rings. The SMILES string of the molecule is C=CCc1ccc(OCC(=O)NC2CC2c2ccccc2)c(OC)c1. The number of carbonyl (C=O) groups excluding carboxylic acids is 1. The van der Waals surface area contributed by atoms with E-state index < -0.39 is 0 Å². The van der Waals surface area contributed by atoms with Crippen LogP contribution in [0.25, 0.3) is 0 Å². The van der Waals surface area contributed by atoms with Crippen LogP contribution in [0.5, 0.6) is 11.5 Å². The van der Waals surface area contributed by atoms with Crippen molar-refractivity contribution < 1.29 is 14.3 Å². The minimum atomic E-state index is -0.111. The minimum Gasteiger partial charge on any atom is -0.493 e. The number of hydrogen-bond acceptors (Lipinski definition) is 3. The first-order chi connectivity index (χ1) is 12.2. The van der Waals surface area contributed by atoms with Crippen LogP contribution in [0.2, 0.25) is 0 Å². The summed E-state index contributed by atoms with van der Waals surface area (Å²) in [7, 11) is 1.59. The van der Waals surface area contributed by atoms with Crippen molar-refractivity contribution in [1.82, 2.24) is 5.32 Å². The molecule has 0 radical (unpaired) electrons. The van der Waals surface area contributed by atoms with Gasteiger partial charge >= 0.3 is 0 Å². The molecule has 4 nitrogen and oxygen atoms in total. The first kappa shape index (κ1) is 17.1. The molecule has 0 saturated heterocycles. The molecule has 1 aliphatic rings. The summed E-state index contributed by atoms with van der Waals surface area (Å²) in [6.07, 6.45) is 3.58. The fourth-order valence-corrected chi connectivity index (χ4v) is 2.94. The molecule has 0 heterocycles. The largest absolute Gasteiger partial charge is 0.493 e. The molecular weight excluding hydrogens is 314 g/mol. The Morgan fingerprint density at radius 1 is 1.24 bits per heavy atom. The summed E-state index contributed by atoms with van der Waals surface area (Å²) in [4.78, 5) is 12.1. The second kappa shape index (κ2) is 7.88. The number of rotatable bonds is 8. The monoisotopic (exact) mass is 337 g/mol. The molecule has 1 amide bonds. The predicted molar refractivity (Wildman–Crippen MR) is 98.1 cm³/mol. The van der Waals surface area contributed by atoms with Crippen LogP contribution in [0, 0.1) is 0 Å². The van der Waals surface area contributed by atoms with Gasteiger partial charge in [-0.2, -0.15) is 0 Å². The normalized spacial score (nSPS) is 18.3. The molecule has 2 aromatic carbocycles. The Balaban J connectivity index is 1.50. The third-order valence-electron chi connectivity index (χ3n) is 4.33. The average molecular weight is 337 g/mol. The molecule has 1 fully saturated rings. The summed E-state index contributed by atoms with van der Waals surface area (Å²) >= 11 is 0. The van der Waals surface area contributed by atoms with Crippen LogP contribution in [-0.4, -0.2) is 25.7 Å². The summed E-state index contributed by atoms with van der Waals surface area (Å²) in [5.41, 5.74) is 2.36. The number of methoxy groups -OCH3 is 1. The van der Waals surface area contributed by atoms with Crippen molar-refractivity contribution in [3.8, 4) is 11.5 Å². The first-order valence-corrected chi connectivity index (χ1v) is 8.46. The van der Waals surface area contributed by atoms with E-state index in [9.17, 15) is 4.79 Å². The van der Waals surface area contributed by atoms with E-state index >= 15 is 0 Å². The molecule has 3 rings (SSSR count). The zero-order chi connectivity index (χ0) is 17.6. The fourth-order valence-electron chi connectivity index (χ4n) is 2.94. The van der Waals surface area contributed by atoms with Gasteiger partial charge in [-0.15, -0.1) is 6.58 Å². The lowest BCUT2D eigenvalue weighted by atomic mass is 10.1. The lowest BCUT2D eigenvalue weighted by Gasteiger charge is -2.12. The Kier molecular flexibility index (Phi) is 5.39. The van der Waals surface area contributed by atoms with Crippen LogP contribution in [-0.2, 0) is 11.2 Å². The first-order valence-electron chi connectivity index (χ1n) is 8.46. The number of hydrogen-bond donors (Lipinski definition) is 1. The number of carbonyl (C=O) groups is 1. The summed E-state index contributed by atoms with van der Waals surface area (Å²) < 4.78 is 11.0. The fraction of sp³-hybridized carbons (Fsp3) is 0.286. The van der Waals surface area contributed by atoms with Crippen molar-refractivity contribution in [2.45, 2.75) is 24.8 Å². The number of allylic oxidation sites excluding steroid dienone is 1. The zero-order valence-corrected chi connectivity index (χ0v) is 14.4. The maximum Gasteiger partial charge on any atom is 0.258 e. The molecule has 130 valence electrons. The topological polar surface area (TPSA) is 47.6 Å². The standard InChI is InChI=1S/C21H23NO3/c1-3-7-15-10-11-19(20(12-15)24-2)25-14-21(23)22-18-13-17(18)16-8-5-4-6-9-16/h3-6,8-12,17-18H,1,7,13-14H2,2H3,(H,22,23). The molecular formula is C21H23NO3. The van der Waals surface area contributed by atoms with E-state index in [0.29, 0.717) is 17.4 Å². The van der Waals surface area contributed by atoms with Crippen LogP contribution in [0.3, 0.4) is 0 Å². The Morgan fingerprint density at radius 2 is 2.04 bits per heavy atom. The van der Waals surface area contributed by atoms with Gasteiger partial charge in [0.2, 0.25) is 0 Å². The van der Waals surface area contributed by atoms with E-state index in [-0.39, 0.29) is 18.6 Å². The molecule has 0 aromatic heterocycles. The van der Waals surface area contributed by atoms with Crippen molar-refractivity contribution in [1.29, 1.82) is 0 Å². The highest BCUT2D eigenvalue weighted by molar-refractivity contribution is 5.78. The third-order valence-corrected chi connectivity index (χ3v) is 4.33. The van der Waals surface area contributed by atoms with E-state index in [2.05, 4.69) is 24.0 Å². The van der Waals surface area contributed by atoms with Gasteiger partial charge in [0, 0.05) is 12.0 Å². The van der Waals surface area contributed by atoms with Gasteiger partial charge in [0.25, 0.3) is 5.91 Å². The molecule has 0 spiro atoms. The highest BCUT2D eigenvalue weighted by Crippen LogP contribution is 2.40. The molecule has 0 aliphatic heterocycles. The smallest absolute Gasteiger partial charge is 0.258 e. The number of ether oxygens (including phenoxy) is 2. The number of nitrogens with one attached hydrogen (secondary N) is 1. The molecule has 0 bridgehead atoms. The molecule has 1 saturated carbocycles. The van der Waals surface area contributed by atoms with Crippen LogP contribution in [0.15, 0.2) is 61.2 Å². The Morgan fingerprint density at radius 3 is 2.76 bits per heavy atom. The third kappa shape index (κ3) is 4.41. The summed E-state index contributed by atoms with van der Waals surface area (Å²) in [6.45, 7) is 3.71. The molecule has 25 heavy (non-hydrogen) atoms. The molecule has 2 atom stereocenters. The van der Waals surface area contributed by atoms with Crippen LogP contribution < -0.4 is 14.8 Å². The van der Waals surface area contributed by atoms with Crippen molar-refractivity contribution in [2.24, 2.45) is 0 Å². The van der Waals surface area contributed by atoms with E-state index in [1.807, 2.05) is 42.5 Å². The van der Waals surface area contributed by atoms with E-state index in [1.54, 1.807) is 7.11 Å². The van der Waals surface area contributed by atoms with Crippen molar-refractivity contribution in [2.75, 3.05) is 13.7 Å². The lowest BCUT2D eigenvalue weighted by molar-refractivity contribution is -0.123. The summed E-state index contributed by atoms with van der Waals surface area (Å²) in [5, 5.41) is 3.02. The van der Waals surface area contributed by atoms with Gasteiger partial charge < -0.3 is 14.8 Å². The highest BCUT2D eigenvalue weighted by Gasteiger charge is 2.39. The average Bonchev–Trinajstić information content (AvgIpc) is 3.40. The zero-order valence-electron chi connectivity index (χ0n) is 14.4. The second-order valence-electron chi connectivity index (χ2n) is 6.19. The van der Waals surface area contributed by atoms with Gasteiger partial charge in [0.15, 0.2) is 18.1 Å². The maximum atomic E-state index is 12.1. The van der Waals surface area contributed by atoms with E-state index in [0.717, 1.165) is 18.4 Å². The van der Waals surface area contributed by atoms with Crippen LogP contribution >= 0.6 is 0 Å². The minimum absolute atomic E-state index is 0.0187. The van der Waals surface area contributed by atoms with E-state index in [1.165, 1.54) is 5.56 Å². The molecule has 2 unspecified atom stereocenters. The van der Waals surface area contributed by atoms with E-state index in [4.69, 9.17) is 9.47 Å². The van der Waals surface area contributed by atoms with Gasteiger partial charge in [-0.05, 0) is 36.1 Å². The highest BCUT2D eigenvalue weighted by atomic mass is 16.5. The van der Waals surface area contributed by atoms with Crippen molar-refractivity contribution in [3.63, 3.8) is 0 Å². The van der Waals surface area contributed by atoms with Gasteiger partial charge in [-0.25, -0.2) is 0 Å². The molecule has 1 aliphatic carbocycles. The number of benzene rings is 2. The summed E-state index contributed by atoms with van der Waals surface area (Å²) in [6, 6.07) is 16.1. The van der Waals surface area contributed by atoms with Crippen molar-refractivity contribution >= 4 is 5.91 Å². The molecule has 1 N–H and O–H groups in total. The number of amides is 1. The van der Waals surface area contributed by atoms with Crippen LogP contribution in [0.4, 0.5) is 0 Å². The van der Waals surface area contributed by atoms with Crippen molar-refractivity contribution in [3.05, 3.63) is 72.3 Å². The Bertz CT molecular complexity index is 742. The Hall–Kier alpha value is -2.75. The second-order valence-corrected chi connectivity index (χ2v) is 6.19. The maximum absolute atomic E-state index is 12.1.